The van der Waals surface area contributed by atoms with Gasteiger partial charge >= 0.3 is 5.97 Å². The average Bonchev–Trinajstić information content (AvgIpc) is 3.04. The lowest BCUT2D eigenvalue weighted by Crippen LogP contribution is -2.47. The van der Waals surface area contributed by atoms with Crippen molar-refractivity contribution < 1.29 is 24.2 Å². The van der Waals surface area contributed by atoms with E-state index >= 15 is 0 Å². The molecule has 146 valence electrons. The van der Waals surface area contributed by atoms with Gasteiger partial charge in [0.25, 0.3) is 0 Å². The van der Waals surface area contributed by atoms with Crippen LogP contribution in [-0.4, -0.2) is 70.0 Å². The van der Waals surface area contributed by atoms with Gasteiger partial charge in [0, 0.05) is 45.0 Å². The van der Waals surface area contributed by atoms with Gasteiger partial charge in [-0.15, -0.1) is 0 Å². The highest BCUT2D eigenvalue weighted by molar-refractivity contribution is 5.89. The van der Waals surface area contributed by atoms with E-state index in [1.165, 1.54) is 0 Å². The van der Waals surface area contributed by atoms with E-state index in [0.29, 0.717) is 39.1 Å². The molecular weight excluding hydrogens is 350 g/mol. The molecule has 1 aromatic rings. The second kappa shape index (κ2) is 8.94. The third-order valence-electron chi connectivity index (χ3n) is 5.12. The molecule has 3 heterocycles. The van der Waals surface area contributed by atoms with Crippen LogP contribution in [0.2, 0.25) is 0 Å². The SMILES string of the molecule is O=C(O)CCN(C(=O)C1CC(=O)N(Cc2ccccn2)C1)C1CCOCC1. The number of amides is 2. The van der Waals surface area contributed by atoms with Gasteiger partial charge in [-0.25, -0.2) is 0 Å². The Bertz CT molecular complexity index is 675. The molecule has 3 rings (SSSR count). The molecule has 0 aromatic carbocycles. The summed E-state index contributed by atoms with van der Waals surface area (Å²) in [6, 6.07) is 5.51. The molecule has 1 aromatic heterocycles. The first-order valence-electron chi connectivity index (χ1n) is 9.32. The van der Waals surface area contributed by atoms with Crippen LogP contribution in [0.4, 0.5) is 0 Å². The van der Waals surface area contributed by atoms with Crippen molar-refractivity contribution in [2.24, 2.45) is 5.92 Å². The van der Waals surface area contributed by atoms with Crippen LogP contribution in [0.15, 0.2) is 24.4 Å². The second-order valence-electron chi connectivity index (χ2n) is 7.02. The van der Waals surface area contributed by atoms with Gasteiger partial charge in [0.1, 0.15) is 0 Å². The lowest BCUT2D eigenvalue weighted by molar-refractivity contribution is -0.142. The number of carbonyl (C=O) groups excluding carboxylic acids is 2. The molecule has 2 fully saturated rings. The molecule has 8 nitrogen and oxygen atoms in total. The Morgan fingerprint density at radius 2 is 2.07 bits per heavy atom. The molecule has 2 aliphatic heterocycles. The summed E-state index contributed by atoms with van der Waals surface area (Å²) in [5.74, 6) is -1.55. The van der Waals surface area contributed by atoms with Gasteiger partial charge in [-0.3, -0.25) is 19.4 Å². The third-order valence-corrected chi connectivity index (χ3v) is 5.12. The number of hydrogen-bond donors (Lipinski definition) is 1. The normalized spacial score (nSPS) is 20.7. The van der Waals surface area contributed by atoms with Gasteiger partial charge in [-0.1, -0.05) is 6.07 Å². The summed E-state index contributed by atoms with van der Waals surface area (Å²) in [7, 11) is 0. The first-order valence-corrected chi connectivity index (χ1v) is 9.32. The number of ether oxygens (including phenoxy) is 1. The molecule has 0 radical (unpaired) electrons. The number of aliphatic carboxylic acids is 1. The predicted octanol–water partition coefficient (Wildman–Crippen LogP) is 0.912. The molecule has 2 amide bonds. The molecule has 0 bridgehead atoms. The molecule has 0 spiro atoms. The Hall–Kier alpha value is -2.48. The van der Waals surface area contributed by atoms with Crippen molar-refractivity contribution in [1.29, 1.82) is 0 Å². The first-order chi connectivity index (χ1) is 13.0. The highest BCUT2D eigenvalue weighted by atomic mass is 16.5. The largest absolute Gasteiger partial charge is 0.481 e. The highest BCUT2D eigenvalue weighted by Crippen LogP contribution is 2.25. The fourth-order valence-electron chi connectivity index (χ4n) is 3.70. The Kier molecular flexibility index (Phi) is 6.39. The van der Waals surface area contributed by atoms with Crippen LogP contribution in [0.1, 0.15) is 31.4 Å². The maximum atomic E-state index is 13.1. The Morgan fingerprint density at radius 3 is 2.74 bits per heavy atom. The van der Waals surface area contributed by atoms with E-state index in [0.717, 1.165) is 5.69 Å². The van der Waals surface area contributed by atoms with E-state index in [1.807, 2.05) is 18.2 Å². The third kappa shape index (κ3) is 5.03. The Morgan fingerprint density at radius 1 is 1.30 bits per heavy atom. The number of hydrogen-bond acceptors (Lipinski definition) is 5. The quantitative estimate of drug-likeness (QED) is 0.760. The second-order valence-corrected chi connectivity index (χ2v) is 7.02. The van der Waals surface area contributed by atoms with Crippen molar-refractivity contribution in [3.8, 4) is 0 Å². The van der Waals surface area contributed by atoms with Crippen molar-refractivity contribution in [2.75, 3.05) is 26.3 Å². The van der Waals surface area contributed by atoms with Gasteiger partial charge in [-0.2, -0.15) is 0 Å². The fraction of sp³-hybridized carbons (Fsp3) is 0.579. The number of rotatable bonds is 7. The topological polar surface area (TPSA) is 100 Å². The van der Waals surface area contributed by atoms with Crippen molar-refractivity contribution in [3.05, 3.63) is 30.1 Å². The van der Waals surface area contributed by atoms with E-state index in [2.05, 4.69) is 4.98 Å². The van der Waals surface area contributed by atoms with Gasteiger partial charge in [-0.05, 0) is 25.0 Å². The minimum atomic E-state index is -0.931. The summed E-state index contributed by atoms with van der Waals surface area (Å²) >= 11 is 0. The van der Waals surface area contributed by atoms with Gasteiger partial charge in [0.05, 0.1) is 24.6 Å². The van der Waals surface area contributed by atoms with Crippen molar-refractivity contribution in [2.45, 2.75) is 38.3 Å². The Balaban J connectivity index is 1.65. The van der Waals surface area contributed by atoms with E-state index in [4.69, 9.17) is 9.84 Å². The molecule has 2 saturated heterocycles. The number of carboxylic acids is 1. The summed E-state index contributed by atoms with van der Waals surface area (Å²) in [5.41, 5.74) is 0.783. The smallest absolute Gasteiger partial charge is 0.305 e. The van der Waals surface area contributed by atoms with Crippen LogP contribution < -0.4 is 0 Å². The molecule has 0 aliphatic carbocycles. The van der Waals surface area contributed by atoms with Crippen LogP contribution >= 0.6 is 0 Å². The summed E-state index contributed by atoms with van der Waals surface area (Å²) < 4.78 is 5.36. The van der Waals surface area contributed by atoms with E-state index in [1.54, 1.807) is 16.0 Å². The monoisotopic (exact) mass is 375 g/mol. The summed E-state index contributed by atoms with van der Waals surface area (Å²) in [4.78, 5) is 44.0. The lowest BCUT2D eigenvalue weighted by atomic mass is 10.0. The molecule has 8 heteroatoms. The average molecular weight is 375 g/mol. The molecule has 1 atom stereocenters. The minimum Gasteiger partial charge on any atom is -0.481 e. The van der Waals surface area contributed by atoms with E-state index in [9.17, 15) is 14.4 Å². The fourth-order valence-corrected chi connectivity index (χ4v) is 3.70. The lowest BCUT2D eigenvalue weighted by Gasteiger charge is -2.35. The van der Waals surface area contributed by atoms with E-state index < -0.39 is 11.9 Å². The van der Waals surface area contributed by atoms with E-state index in [-0.39, 0.29) is 37.2 Å². The summed E-state index contributed by atoms with van der Waals surface area (Å²) in [6.07, 6.45) is 3.14. The van der Waals surface area contributed by atoms with Crippen molar-refractivity contribution in [1.82, 2.24) is 14.8 Å². The molecule has 2 aliphatic rings. The first kappa shape index (κ1) is 19.3. The van der Waals surface area contributed by atoms with Crippen LogP contribution in [0.5, 0.6) is 0 Å². The maximum Gasteiger partial charge on any atom is 0.305 e. The van der Waals surface area contributed by atoms with Crippen LogP contribution in [0.25, 0.3) is 0 Å². The zero-order valence-electron chi connectivity index (χ0n) is 15.2. The predicted molar refractivity (Wildman–Crippen MR) is 95.6 cm³/mol. The number of pyridine rings is 1. The Labute approximate surface area is 158 Å². The standard InChI is InChI=1S/C19H25N3O5/c23-17-11-14(12-21(17)13-15-3-1-2-7-20-15)19(26)22(8-4-18(24)25)16-5-9-27-10-6-16/h1-3,7,14,16H,4-6,8-13H2,(H,24,25). The molecule has 1 unspecified atom stereocenters. The van der Waals surface area contributed by atoms with Crippen molar-refractivity contribution in [3.63, 3.8) is 0 Å². The zero-order chi connectivity index (χ0) is 19.2. The van der Waals surface area contributed by atoms with Gasteiger partial charge in [0.2, 0.25) is 11.8 Å². The number of carbonyl (C=O) groups is 3. The van der Waals surface area contributed by atoms with Gasteiger partial charge in [0.15, 0.2) is 0 Å². The number of aromatic nitrogens is 1. The van der Waals surface area contributed by atoms with Crippen LogP contribution in [0, 0.1) is 5.92 Å². The van der Waals surface area contributed by atoms with Crippen LogP contribution in [-0.2, 0) is 25.7 Å². The molecule has 1 N–H and O–H groups in total. The molecular formula is C19H25N3O5. The zero-order valence-corrected chi connectivity index (χ0v) is 15.2. The number of likely N-dealkylation sites (tertiary alicyclic amines) is 1. The number of nitrogens with zero attached hydrogens (tertiary/aromatic N) is 3. The molecule has 0 saturated carbocycles. The summed E-state index contributed by atoms with van der Waals surface area (Å²) in [6.45, 7) is 2.04. The van der Waals surface area contributed by atoms with Crippen molar-refractivity contribution >= 4 is 17.8 Å². The number of carboxylic acid groups (broad SMARTS) is 1. The minimum absolute atomic E-state index is 0.0226. The summed E-state index contributed by atoms with van der Waals surface area (Å²) in [5, 5.41) is 9.02. The van der Waals surface area contributed by atoms with Gasteiger partial charge < -0.3 is 19.6 Å². The highest BCUT2D eigenvalue weighted by Gasteiger charge is 2.38. The maximum absolute atomic E-state index is 13.1. The molecule has 27 heavy (non-hydrogen) atoms. The van der Waals surface area contributed by atoms with Crippen LogP contribution in [0.3, 0.4) is 0 Å².